The van der Waals surface area contributed by atoms with Crippen LogP contribution in [0.3, 0.4) is 0 Å². The number of hydrogen-bond donors (Lipinski definition) is 1. The second kappa shape index (κ2) is 2.73. The molecule has 2 atom stereocenters. The summed E-state index contributed by atoms with van der Waals surface area (Å²) in [5, 5.41) is 10.9. The molecule has 1 N–H and O–H groups in total. The summed E-state index contributed by atoms with van der Waals surface area (Å²) >= 11 is 0. The third-order valence-electron chi connectivity index (χ3n) is 2.46. The highest BCUT2D eigenvalue weighted by Crippen LogP contribution is 2.34. The first-order valence-corrected chi connectivity index (χ1v) is 4.13. The van der Waals surface area contributed by atoms with Gasteiger partial charge in [-0.1, -0.05) is 0 Å². The molecule has 1 heterocycles. The van der Waals surface area contributed by atoms with Gasteiger partial charge in [-0.3, -0.25) is 4.79 Å². The van der Waals surface area contributed by atoms with E-state index in [9.17, 15) is 10.0 Å². The highest BCUT2D eigenvalue weighted by atomic mass is 16.5. The van der Waals surface area contributed by atoms with E-state index < -0.39 is 6.04 Å². The van der Waals surface area contributed by atoms with E-state index in [4.69, 9.17) is 0 Å². The number of carbonyl (C=O) groups excluding carboxylic acids is 1. The molecule has 1 aromatic rings. The Labute approximate surface area is 75.5 Å². The van der Waals surface area contributed by atoms with Gasteiger partial charge in [-0.2, -0.15) is 0 Å². The zero-order chi connectivity index (χ0) is 9.42. The lowest BCUT2D eigenvalue weighted by atomic mass is 9.76. The highest BCUT2D eigenvalue weighted by Gasteiger charge is 2.47. The first kappa shape index (κ1) is 8.04. The van der Waals surface area contributed by atoms with Crippen LogP contribution in [0, 0.1) is 5.21 Å². The molecule has 0 aromatic carbocycles. The maximum atomic E-state index is 11.1. The number of nitrogens with zero attached hydrogens (tertiary/aromatic N) is 1. The van der Waals surface area contributed by atoms with Gasteiger partial charge in [0.05, 0.1) is 5.92 Å². The van der Waals surface area contributed by atoms with E-state index in [0.717, 1.165) is 5.69 Å². The lowest BCUT2D eigenvalue weighted by Gasteiger charge is -2.31. The van der Waals surface area contributed by atoms with Crippen LogP contribution in [-0.4, -0.2) is 28.3 Å². The fourth-order valence-corrected chi connectivity index (χ4v) is 1.73. The van der Waals surface area contributed by atoms with Crippen molar-refractivity contribution >= 4 is 12.5 Å². The van der Waals surface area contributed by atoms with Crippen LogP contribution in [0.4, 0.5) is 0 Å². The number of rotatable bonds is 2. The van der Waals surface area contributed by atoms with Crippen molar-refractivity contribution in [1.29, 1.82) is 0 Å². The molecule has 0 bridgehead atoms. The Kier molecular flexibility index (Phi) is 1.69. The van der Waals surface area contributed by atoms with Crippen LogP contribution in [0.15, 0.2) is 18.3 Å². The van der Waals surface area contributed by atoms with Crippen LogP contribution >= 0.6 is 0 Å². The molecule has 0 aliphatic heterocycles. The summed E-state index contributed by atoms with van der Waals surface area (Å²) in [7, 11) is 0. The molecule has 68 valence electrons. The monoisotopic (exact) mass is 178 g/mol. The van der Waals surface area contributed by atoms with E-state index in [2.05, 4.69) is 11.7 Å². The number of ketones is 1. The average molecular weight is 178 g/mol. The van der Waals surface area contributed by atoms with Gasteiger partial charge in [-0.15, -0.1) is 0 Å². The Morgan fingerprint density at radius 2 is 2.46 bits per heavy atom. The van der Waals surface area contributed by atoms with Crippen LogP contribution in [0.5, 0.6) is 0 Å². The normalized spacial score (nSPS) is 26.9. The van der Waals surface area contributed by atoms with Crippen LogP contribution < -0.4 is 0 Å². The Balaban J connectivity index is 2.20. The van der Waals surface area contributed by atoms with E-state index in [0.29, 0.717) is 11.2 Å². The molecule has 1 saturated carbocycles. The minimum Gasteiger partial charge on any atom is -0.624 e. The van der Waals surface area contributed by atoms with E-state index in [1.54, 1.807) is 6.20 Å². The SMILES string of the molecule is C=[N+]([O-])[C@H]1C(=O)CC1c1ccc[nH]1. The largest absolute Gasteiger partial charge is 0.624 e. The zero-order valence-corrected chi connectivity index (χ0v) is 7.06. The van der Waals surface area contributed by atoms with Gasteiger partial charge in [0.1, 0.15) is 6.72 Å². The molecule has 1 aliphatic carbocycles. The van der Waals surface area contributed by atoms with Gasteiger partial charge in [-0.05, 0) is 12.1 Å². The molecule has 0 amide bonds. The second-order valence-electron chi connectivity index (χ2n) is 3.26. The topological polar surface area (TPSA) is 58.9 Å². The highest BCUT2D eigenvalue weighted by molar-refractivity contribution is 5.91. The quantitative estimate of drug-likeness (QED) is 0.313. The molecule has 1 fully saturated rings. The predicted octanol–water partition coefficient (Wildman–Crippen LogP) is 0.651. The van der Waals surface area contributed by atoms with Gasteiger partial charge >= 0.3 is 0 Å². The summed E-state index contributed by atoms with van der Waals surface area (Å²) < 4.78 is 0.497. The Hall–Kier alpha value is -1.58. The van der Waals surface area contributed by atoms with Gasteiger partial charge in [0.25, 0.3) is 0 Å². The van der Waals surface area contributed by atoms with Crippen LogP contribution in [0.25, 0.3) is 0 Å². The zero-order valence-electron chi connectivity index (χ0n) is 7.06. The third-order valence-corrected chi connectivity index (χ3v) is 2.46. The predicted molar refractivity (Wildman–Crippen MR) is 47.7 cm³/mol. The number of hydrogen-bond acceptors (Lipinski definition) is 2. The van der Waals surface area contributed by atoms with Crippen LogP contribution in [0.1, 0.15) is 18.0 Å². The first-order valence-electron chi connectivity index (χ1n) is 4.13. The number of H-pyrrole nitrogens is 1. The Morgan fingerprint density at radius 1 is 1.69 bits per heavy atom. The Bertz CT molecular complexity index is 335. The summed E-state index contributed by atoms with van der Waals surface area (Å²) in [5.41, 5.74) is 0.939. The maximum Gasteiger partial charge on any atom is 0.228 e. The molecular formula is C9H10N2O2. The molecule has 4 nitrogen and oxygen atoms in total. The van der Waals surface area contributed by atoms with Crippen molar-refractivity contribution in [3.05, 3.63) is 29.2 Å². The smallest absolute Gasteiger partial charge is 0.228 e. The fourth-order valence-electron chi connectivity index (χ4n) is 1.73. The summed E-state index contributed by atoms with van der Waals surface area (Å²) in [6.07, 6.45) is 2.23. The average Bonchev–Trinajstić information content (AvgIpc) is 2.50. The van der Waals surface area contributed by atoms with Crippen molar-refractivity contribution in [2.24, 2.45) is 0 Å². The number of hydroxylamine groups is 1. The number of carbonyl (C=O) groups is 1. The van der Waals surface area contributed by atoms with Crippen molar-refractivity contribution in [2.75, 3.05) is 0 Å². The minimum atomic E-state index is -0.585. The minimum absolute atomic E-state index is 0.00231. The summed E-state index contributed by atoms with van der Waals surface area (Å²) in [4.78, 5) is 14.1. The van der Waals surface area contributed by atoms with Gasteiger partial charge < -0.3 is 10.2 Å². The summed E-state index contributed by atoms with van der Waals surface area (Å²) in [5.74, 6) is -0.0258. The van der Waals surface area contributed by atoms with Crippen molar-refractivity contribution < 1.29 is 9.53 Å². The molecule has 1 unspecified atom stereocenters. The lowest BCUT2D eigenvalue weighted by Crippen LogP contribution is -2.46. The molecule has 0 spiro atoms. The van der Waals surface area contributed by atoms with Crippen LogP contribution in [-0.2, 0) is 4.79 Å². The van der Waals surface area contributed by atoms with Gasteiger partial charge in [0, 0.05) is 18.3 Å². The number of Topliss-reactive ketones (excluding diaryl/α,β-unsaturated/α-hetero) is 1. The molecule has 1 aliphatic rings. The van der Waals surface area contributed by atoms with Crippen molar-refractivity contribution in [2.45, 2.75) is 18.4 Å². The number of aromatic amines is 1. The Morgan fingerprint density at radius 3 is 2.92 bits per heavy atom. The molecule has 4 heteroatoms. The van der Waals surface area contributed by atoms with Crippen molar-refractivity contribution in [3.63, 3.8) is 0 Å². The van der Waals surface area contributed by atoms with E-state index >= 15 is 0 Å². The number of nitrogens with one attached hydrogen (secondary N) is 1. The molecule has 0 saturated heterocycles. The first-order chi connectivity index (χ1) is 6.20. The summed E-state index contributed by atoms with van der Waals surface area (Å²) in [6, 6.07) is 3.15. The van der Waals surface area contributed by atoms with E-state index in [-0.39, 0.29) is 11.7 Å². The lowest BCUT2D eigenvalue weighted by molar-refractivity contribution is -0.490. The van der Waals surface area contributed by atoms with Gasteiger partial charge in [0.15, 0.2) is 0 Å². The van der Waals surface area contributed by atoms with Crippen molar-refractivity contribution in [1.82, 2.24) is 4.98 Å². The summed E-state index contributed by atoms with van der Waals surface area (Å²) in [6.45, 7) is 3.21. The molecule has 13 heavy (non-hydrogen) atoms. The maximum absolute atomic E-state index is 11.1. The third kappa shape index (κ3) is 1.14. The van der Waals surface area contributed by atoms with E-state index in [1.807, 2.05) is 12.1 Å². The number of aromatic nitrogens is 1. The van der Waals surface area contributed by atoms with Crippen LogP contribution in [0.2, 0.25) is 0 Å². The second-order valence-corrected chi connectivity index (χ2v) is 3.26. The van der Waals surface area contributed by atoms with Gasteiger partial charge in [-0.25, -0.2) is 4.74 Å². The van der Waals surface area contributed by atoms with E-state index in [1.165, 1.54) is 0 Å². The molecule has 2 rings (SSSR count). The van der Waals surface area contributed by atoms with Crippen molar-refractivity contribution in [3.8, 4) is 0 Å². The fraction of sp³-hybridized carbons (Fsp3) is 0.333. The standard InChI is InChI=1S/C9H10N2O2/c1-11(13)9-6(5-8(9)12)7-3-2-4-10-7/h2-4,6,9-10H,1,5H2/t6?,9-/m1/s1. The van der Waals surface area contributed by atoms with Gasteiger partial charge in [0.2, 0.25) is 11.8 Å². The molecule has 0 radical (unpaired) electrons. The molecular weight excluding hydrogens is 168 g/mol. The molecule has 1 aromatic heterocycles.